The Morgan fingerprint density at radius 2 is 1.86 bits per heavy atom. The zero-order valence-electron chi connectivity index (χ0n) is 14.5. The summed E-state index contributed by atoms with van der Waals surface area (Å²) in [5, 5.41) is 4.13. The largest absolute Gasteiger partial charge is 0.463 e. The van der Waals surface area contributed by atoms with Gasteiger partial charge in [-0.15, -0.1) is 0 Å². The molecule has 0 saturated heterocycles. The number of hydrogen-bond acceptors (Lipinski definition) is 8. The molecule has 0 saturated carbocycles. The first-order valence-corrected chi connectivity index (χ1v) is 8.51. The topological polar surface area (TPSA) is 103 Å². The van der Waals surface area contributed by atoms with Crippen LogP contribution in [0.5, 0.6) is 0 Å². The molecular weight excluding hydrogens is 354 g/mol. The van der Waals surface area contributed by atoms with Gasteiger partial charge in [0.15, 0.2) is 5.76 Å². The van der Waals surface area contributed by atoms with Crippen LogP contribution < -0.4 is 5.32 Å². The van der Waals surface area contributed by atoms with Crippen molar-refractivity contribution in [2.24, 2.45) is 0 Å². The van der Waals surface area contributed by atoms with E-state index in [0.717, 1.165) is 22.2 Å². The van der Waals surface area contributed by atoms with Gasteiger partial charge >= 0.3 is 0 Å². The lowest BCUT2D eigenvalue weighted by atomic mass is 10.1. The Kier molecular flexibility index (Phi) is 3.91. The van der Waals surface area contributed by atoms with E-state index in [0.29, 0.717) is 23.1 Å². The van der Waals surface area contributed by atoms with Gasteiger partial charge in [-0.2, -0.15) is 0 Å². The highest BCUT2D eigenvalue weighted by Crippen LogP contribution is 2.30. The van der Waals surface area contributed by atoms with E-state index in [1.807, 2.05) is 24.3 Å². The lowest BCUT2D eigenvalue weighted by Gasteiger charge is -2.10. The summed E-state index contributed by atoms with van der Waals surface area (Å²) < 4.78 is 5.57. The van der Waals surface area contributed by atoms with Crippen LogP contribution in [0.4, 0.5) is 11.6 Å². The van der Waals surface area contributed by atoms with E-state index in [2.05, 4.69) is 35.2 Å². The lowest BCUT2D eigenvalue weighted by Crippen LogP contribution is -2.01. The van der Waals surface area contributed by atoms with Crippen LogP contribution in [0.2, 0.25) is 0 Å². The quantitative estimate of drug-likeness (QED) is 0.510. The molecule has 0 spiro atoms. The minimum absolute atomic E-state index is 0.407. The van der Waals surface area contributed by atoms with Gasteiger partial charge in [-0.25, -0.2) is 19.9 Å². The van der Waals surface area contributed by atoms with E-state index in [1.165, 1.54) is 6.33 Å². The van der Waals surface area contributed by atoms with Crippen LogP contribution in [0.25, 0.3) is 33.6 Å². The fourth-order valence-electron chi connectivity index (χ4n) is 2.89. The molecule has 5 aromatic rings. The smallest absolute Gasteiger partial charge is 0.227 e. The van der Waals surface area contributed by atoms with Gasteiger partial charge in [0.1, 0.15) is 12.0 Å². The number of nitrogens with zero attached hydrogens (tertiary/aromatic N) is 6. The number of nitrogens with one attached hydrogen (secondary N) is 1. The second kappa shape index (κ2) is 6.84. The number of furan rings is 1. The number of pyridine rings is 2. The Hall–Kier alpha value is -4.20. The average Bonchev–Trinajstić information content (AvgIpc) is 3.29. The van der Waals surface area contributed by atoms with Crippen molar-refractivity contribution >= 4 is 22.5 Å². The van der Waals surface area contributed by atoms with Crippen LogP contribution in [-0.2, 0) is 0 Å². The van der Waals surface area contributed by atoms with Gasteiger partial charge in [0.25, 0.3) is 0 Å². The highest BCUT2D eigenvalue weighted by Gasteiger charge is 2.15. The summed E-state index contributed by atoms with van der Waals surface area (Å²) in [5.41, 5.74) is 3.60. The maximum atomic E-state index is 5.57. The molecule has 0 amide bonds. The van der Waals surface area contributed by atoms with Crippen molar-refractivity contribution in [2.45, 2.75) is 0 Å². The van der Waals surface area contributed by atoms with Gasteiger partial charge in [-0.1, -0.05) is 0 Å². The molecule has 0 aliphatic carbocycles. The molecule has 8 heteroatoms. The number of anilines is 2. The van der Waals surface area contributed by atoms with Crippen LogP contribution in [0.15, 0.2) is 78.3 Å². The van der Waals surface area contributed by atoms with E-state index in [1.54, 1.807) is 43.3 Å². The summed E-state index contributed by atoms with van der Waals surface area (Å²) in [6.45, 7) is 0. The molecule has 5 rings (SSSR count). The van der Waals surface area contributed by atoms with Crippen molar-refractivity contribution in [3.63, 3.8) is 0 Å². The lowest BCUT2D eigenvalue weighted by molar-refractivity contribution is 0.580. The Morgan fingerprint density at radius 1 is 0.857 bits per heavy atom. The number of hydrogen-bond donors (Lipinski definition) is 1. The van der Waals surface area contributed by atoms with Crippen molar-refractivity contribution in [3.8, 4) is 22.7 Å². The van der Waals surface area contributed by atoms with E-state index >= 15 is 0 Å². The van der Waals surface area contributed by atoms with Crippen LogP contribution >= 0.6 is 0 Å². The third-order valence-corrected chi connectivity index (χ3v) is 4.16. The molecule has 8 nitrogen and oxygen atoms in total. The van der Waals surface area contributed by atoms with Gasteiger partial charge in [0.05, 0.1) is 29.4 Å². The molecule has 28 heavy (non-hydrogen) atoms. The molecule has 0 aromatic carbocycles. The zero-order chi connectivity index (χ0) is 18.8. The molecule has 134 valence electrons. The minimum Gasteiger partial charge on any atom is -0.463 e. The Morgan fingerprint density at radius 3 is 2.71 bits per heavy atom. The highest BCUT2D eigenvalue weighted by molar-refractivity contribution is 5.90. The van der Waals surface area contributed by atoms with E-state index < -0.39 is 0 Å². The molecule has 1 N–H and O–H groups in total. The first-order valence-electron chi connectivity index (χ1n) is 8.51. The van der Waals surface area contributed by atoms with Crippen molar-refractivity contribution in [2.75, 3.05) is 5.32 Å². The molecule has 0 atom stereocenters. The fraction of sp³-hybridized carbons (Fsp3) is 0. The first kappa shape index (κ1) is 16.0. The van der Waals surface area contributed by atoms with Gasteiger partial charge in [0, 0.05) is 35.7 Å². The summed E-state index contributed by atoms with van der Waals surface area (Å²) in [7, 11) is 0. The molecule has 5 aromatic heterocycles. The third-order valence-electron chi connectivity index (χ3n) is 4.16. The highest BCUT2D eigenvalue weighted by atomic mass is 16.3. The normalized spacial score (nSPS) is 10.9. The molecule has 0 fully saturated rings. The summed E-state index contributed by atoms with van der Waals surface area (Å²) in [6, 6.07) is 9.28. The summed E-state index contributed by atoms with van der Waals surface area (Å²) in [5.74, 6) is 1.03. The number of rotatable bonds is 4. The summed E-state index contributed by atoms with van der Waals surface area (Å²) in [6.07, 6.45) is 11.7. The third kappa shape index (κ3) is 2.92. The zero-order valence-corrected chi connectivity index (χ0v) is 14.5. The van der Waals surface area contributed by atoms with Crippen molar-refractivity contribution in [1.82, 2.24) is 29.9 Å². The summed E-state index contributed by atoms with van der Waals surface area (Å²) in [4.78, 5) is 26.0. The SMILES string of the molecule is c1coc(-c2nc(Nc3cncc4cccnc34)ncc2-c2ccncn2)c1. The van der Waals surface area contributed by atoms with Gasteiger partial charge in [-0.05, 0) is 30.3 Å². The molecule has 0 aliphatic heterocycles. The molecule has 0 radical (unpaired) electrons. The first-order chi connectivity index (χ1) is 13.9. The molecular formula is C20H13N7O. The van der Waals surface area contributed by atoms with E-state index in [4.69, 9.17) is 4.42 Å². The van der Waals surface area contributed by atoms with Crippen LogP contribution in [0, 0.1) is 0 Å². The fourth-order valence-corrected chi connectivity index (χ4v) is 2.89. The van der Waals surface area contributed by atoms with Crippen LogP contribution in [-0.4, -0.2) is 29.9 Å². The van der Waals surface area contributed by atoms with E-state index in [-0.39, 0.29) is 0 Å². The Balaban J connectivity index is 1.61. The standard InChI is InChI=1S/C20H13N7O/c1-3-13-9-22-11-16(18(13)23-6-1)26-20-24-10-14(15-5-7-21-12-25-15)19(27-20)17-4-2-8-28-17/h1-12H,(H,24,26,27). The van der Waals surface area contributed by atoms with E-state index in [9.17, 15) is 0 Å². The van der Waals surface area contributed by atoms with Crippen LogP contribution in [0.1, 0.15) is 0 Å². The molecule has 0 unspecified atom stereocenters. The second-order valence-electron chi connectivity index (χ2n) is 5.91. The minimum atomic E-state index is 0.407. The Bertz CT molecular complexity index is 1230. The average molecular weight is 367 g/mol. The van der Waals surface area contributed by atoms with Gasteiger partial charge in [0.2, 0.25) is 5.95 Å². The molecule has 0 aliphatic rings. The second-order valence-corrected chi connectivity index (χ2v) is 5.91. The summed E-state index contributed by atoms with van der Waals surface area (Å²) >= 11 is 0. The van der Waals surface area contributed by atoms with Gasteiger partial charge < -0.3 is 9.73 Å². The van der Waals surface area contributed by atoms with Crippen molar-refractivity contribution in [3.05, 3.63) is 73.9 Å². The molecule has 0 bridgehead atoms. The van der Waals surface area contributed by atoms with Crippen LogP contribution in [0.3, 0.4) is 0 Å². The maximum absolute atomic E-state index is 5.57. The maximum Gasteiger partial charge on any atom is 0.227 e. The number of aromatic nitrogens is 6. The van der Waals surface area contributed by atoms with Gasteiger partial charge in [-0.3, -0.25) is 9.97 Å². The predicted molar refractivity (Wildman–Crippen MR) is 104 cm³/mol. The predicted octanol–water partition coefficient (Wildman–Crippen LogP) is 3.88. The van der Waals surface area contributed by atoms with Crippen molar-refractivity contribution in [1.29, 1.82) is 0 Å². The number of fused-ring (bicyclic) bond motifs is 1. The van der Waals surface area contributed by atoms with Crippen molar-refractivity contribution < 1.29 is 4.42 Å². The molecule has 5 heterocycles. The Labute approximate surface area is 159 Å². The monoisotopic (exact) mass is 367 g/mol.